The molecule has 0 saturated carbocycles. The van der Waals surface area contributed by atoms with E-state index in [1.807, 2.05) is 91.9 Å². The number of nitrogens with one attached hydrogen (secondary N) is 1. The van der Waals surface area contributed by atoms with Crippen LogP contribution in [0.2, 0.25) is 0 Å². The van der Waals surface area contributed by atoms with Gasteiger partial charge in [-0.05, 0) is 35.1 Å². The topological polar surface area (TPSA) is 49.4 Å². The van der Waals surface area contributed by atoms with E-state index in [0.717, 1.165) is 27.8 Å². The highest BCUT2D eigenvalue weighted by atomic mass is 16.2. The van der Waals surface area contributed by atoms with Crippen molar-refractivity contribution in [3.63, 3.8) is 0 Å². The molecule has 0 bridgehead atoms. The van der Waals surface area contributed by atoms with E-state index in [4.69, 9.17) is 0 Å². The average molecular weight is 533 g/mol. The van der Waals surface area contributed by atoms with Crippen LogP contribution in [0.5, 0.6) is 0 Å². The van der Waals surface area contributed by atoms with Crippen LogP contribution in [0.25, 0.3) is 0 Å². The second kappa shape index (κ2) is 14.3. The lowest BCUT2D eigenvalue weighted by molar-refractivity contribution is -0.141. The first-order valence-corrected chi connectivity index (χ1v) is 14.2. The molecule has 0 saturated heterocycles. The van der Waals surface area contributed by atoms with Crippen LogP contribution < -0.4 is 5.32 Å². The Hall–Kier alpha value is -4.18. The highest BCUT2D eigenvalue weighted by molar-refractivity contribution is 5.88. The Kier molecular flexibility index (Phi) is 10.3. The average Bonchev–Trinajstić information content (AvgIpc) is 2.97. The number of benzene rings is 4. The Bertz CT molecular complexity index is 1310. The molecule has 4 nitrogen and oxygen atoms in total. The molecule has 0 aliphatic rings. The number of hydrogen-bond donors (Lipinski definition) is 1. The van der Waals surface area contributed by atoms with Crippen molar-refractivity contribution >= 4 is 11.8 Å². The van der Waals surface area contributed by atoms with Gasteiger partial charge in [-0.2, -0.15) is 0 Å². The van der Waals surface area contributed by atoms with E-state index < -0.39 is 6.04 Å². The van der Waals surface area contributed by atoms with Crippen molar-refractivity contribution in [2.24, 2.45) is 5.92 Å². The third-order valence-corrected chi connectivity index (χ3v) is 7.17. The number of hydrogen-bond acceptors (Lipinski definition) is 2. The first kappa shape index (κ1) is 28.8. The smallest absolute Gasteiger partial charge is 0.243 e. The summed E-state index contributed by atoms with van der Waals surface area (Å²) >= 11 is 0. The summed E-state index contributed by atoms with van der Waals surface area (Å²) in [6.45, 7) is 7.13. The zero-order valence-corrected chi connectivity index (χ0v) is 23.8. The predicted molar refractivity (Wildman–Crippen MR) is 163 cm³/mol. The summed E-state index contributed by atoms with van der Waals surface area (Å²) in [5, 5.41) is 3.12. The van der Waals surface area contributed by atoms with Gasteiger partial charge in [0.1, 0.15) is 6.04 Å². The van der Waals surface area contributed by atoms with Crippen LogP contribution in [0.4, 0.5) is 0 Å². The maximum absolute atomic E-state index is 14.4. The summed E-state index contributed by atoms with van der Waals surface area (Å²) in [7, 11) is 0. The minimum atomic E-state index is -0.638. The van der Waals surface area contributed by atoms with E-state index in [1.54, 1.807) is 4.90 Å². The van der Waals surface area contributed by atoms with E-state index in [2.05, 4.69) is 49.5 Å². The van der Waals surface area contributed by atoms with E-state index >= 15 is 0 Å². The zero-order chi connectivity index (χ0) is 28.3. The summed E-state index contributed by atoms with van der Waals surface area (Å²) in [5.41, 5.74) is 5.33. The highest BCUT2D eigenvalue weighted by Crippen LogP contribution is 2.30. The molecule has 0 heterocycles. The minimum absolute atomic E-state index is 0.0418. The van der Waals surface area contributed by atoms with Crippen LogP contribution >= 0.6 is 0 Å². The molecule has 1 atom stereocenters. The normalized spacial score (nSPS) is 11.8. The van der Waals surface area contributed by atoms with Gasteiger partial charge < -0.3 is 10.2 Å². The fourth-order valence-electron chi connectivity index (χ4n) is 5.07. The Morgan fingerprint density at radius 3 is 1.82 bits per heavy atom. The van der Waals surface area contributed by atoms with Crippen molar-refractivity contribution in [2.75, 3.05) is 6.54 Å². The molecule has 0 aromatic heterocycles. The highest BCUT2D eigenvalue weighted by Gasteiger charge is 2.32. The number of aryl methyl sites for hydroxylation is 1. The molecule has 0 aliphatic carbocycles. The van der Waals surface area contributed by atoms with Crippen molar-refractivity contribution in [3.05, 3.63) is 143 Å². The maximum atomic E-state index is 14.4. The van der Waals surface area contributed by atoms with Gasteiger partial charge in [0.25, 0.3) is 0 Å². The minimum Gasteiger partial charge on any atom is -0.354 e. The van der Waals surface area contributed by atoms with E-state index in [0.29, 0.717) is 25.4 Å². The van der Waals surface area contributed by atoms with Crippen molar-refractivity contribution in [1.29, 1.82) is 0 Å². The monoisotopic (exact) mass is 532 g/mol. The number of nitrogens with zero attached hydrogens (tertiary/aromatic N) is 1. The molecule has 4 aromatic rings. The standard InChI is InChI=1S/C36H40N2O2/c1-27(2)25-37-36(40)34(23-29-15-7-4-8-16-29)38(26-30-17-13-14-28(3)22-30)35(39)24-33(31-18-9-5-10-19-31)32-20-11-6-12-21-32/h4-22,27,33-34H,23-26H2,1-3H3,(H,37,40)/t34-/m1/s1. The first-order chi connectivity index (χ1) is 19.4. The summed E-state index contributed by atoms with van der Waals surface area (Å²) in [6, 6.07) is 37.9. The van der Waals surface area contributed by atoms with Crippen LogP contribution in [0.3, 0.4) is 0 Å². The van der Waals surface area contributed by atoms with Crippen LogP contribution in [-0.4, -0.2) is 29.3 Å². The largest absolute Gasteiger partial charge is 0.354 e. The second-order valence-electron chi connectivity index (χ2n) is 10.9. The predicted octanol–water partition coefficient (Wildman–Crippen LogP) is 6.93. The molecule has 4 heteroatoms. The second-order valence-corrected chi connectivity index (χ2v) is 10.9. The van der Waals surface area contributed by atoms with Gasteiger partial charge in [0.05, 0.1) is 0 Å². The number of carbonyl (C=O) groups is 2. The number of rotatable bonds is 12. The van der Waals surface area contributed by atoms with Crippen LogP contribution in [0.1, 0.15) is 54.0 Å². The van der Waals surface area contributed by atoms with Crippen molar-refractivity contribution in [2.45, 2.75) is 52.1 Å². The van der Waals surface area contributed by atoms with Gasteiger partial charge >= 0.3 is 0 Å². The third-order valence-electron chi connectivity index (χ3n) is 7.17. The van der Waals surface area contributed by atoms with Gasteiger partial charge in [-0.1, -0.05) is 135 Å². The fourth-order valence-corrected chi connectivity index (χ4v) is 5.07. The van der Waals surface area contributed by atoms with E-state index in [1.165, 1.54) is 0 Å². The van der Waals surface area contributed by atoms with Crippen LogP contribution in [0, 0.1) is 12.8 Å². The van der Waals surface area contributed by atoms with Crippen LogP contribution in [0.15, 0.2) is 115 Å². The zero-order valence-electron chi connectivity index (χ0n) is 23.8. The Labute approximate surface area is 239 Å². The molecule has 1 N–H and O–H groups in total. The van der Waals surface area contributed by atoms with E-state index in [9.17, 15) is 9.59 Å². The summed E-state index contributed by atoms with van der Waals surface area (Å²) in [5.74, 6) is 0.0307. The number of carbonyl (C=O) groups excluding carboxylic acids is 2. The van der Waals surface area contributed by atoms with E-state index in [-0.39, 0.29) is 24.2 Å². The molecule has 0 fully saturated rings. The Morgan fingerprint density at radius 2 is 1.27 bits per heavy atom. The molecular weight excluding hydrogens is 492 g/mol. The Morgan fingerprint density at radius 1 is 0.725 bits per heavy atom. The van der Waals surface area contributed by atoms with Crippen LogP contribution in [-0.2, 0) is 22.6 Å². The van der Waals surface area contributed by atoms with Gasteiger partial charge in [0.15, 0.2) is 0 Å². The molecule has 4 aromatic carbocycles. The quantitative estimate of drug-likeness (QED) is 0.215. The molecule has 0 spiro atoms. The molecule has 40 heavy (non-hydrogen) atoms. The molecule has 2 amide bonds. The van der Waals surface area contributed by atoms with Gasteiger partial charge in [-0.15, -0.1) is 0 Å². The molecule has 0 radical (unpaired) electrons. The lowest BCUT2D eigenvalue weighted by atomic mass is 9.87. The molecule has 0 unspecified atom stereocenters. The van der Waals surface area contributed by atoms with Gasteiger partial charge in [0, 0.05) is 31.8 Å². The molecular formula is C36H40N2O2. The first-order valence-electron chi connectivity index (χ1n) is 14.2. The summed E-state index contributed by atoms with van der Waals surface area (Å²) in [4.78, 5) is 30.0. The third kappa shape index (κ3) is 8.16. The number of amides is 2. The van der Waals surface area contributed by atoms with Gasteiger partial charge in [-0.3, -0.25) is 9.59 Å². The molecule has 206 valence electrons. The maximum Gasteiger partial charge on any atom is 0.243 e. The van der Waals surface area contributed by atoms with Gasteiger partial charge in [0.2, 0.25) is 11.8 Å². The lowest BCUT2D eigenvalue weighted by Crippen LogP contribution is -2.51. The molecule has 4 rings (SSSR count). The summed E-state index contributed by atoms with van der Waals surface area (Å²) < 4.78 is 0. The molecule has 0 aliphatic heterocycles. The SMILES string of the molecule is Cc1cccc(CN(C(=O)CC(c2ccccc2)c2ccccc2)[C@H](Cc2ccccc2)C(=O)NCC(C)C)c1. The van der Waals surface area contributed by atoms with Gasteiger partial charge in [-0.25, -0.2) is 0 Å². The lowest BCUT2D eigenvalue weighted by Gasteiger charge is -2.33. The Balaban J connectivity index is 1.73. The fraction of sp³-hybridized carbons (Fsp3) is 0.278. The summed E-state index contributed by atoms with van der Waals surface area (Å²) in [6.07, 6.45) is 0.715. The van der Waals surface area contributed by atoms with Crippen molar-refractivity contribution in [1.82, 2.24) is 10.2 Å². The van der Waals surface area contributed by atoms with Crippen molar-refractivity contribution in [3.8, 4) is 0 Å². The van der Waals surface area contributed by atoms with Crippen molar-refractivity contribution < 1.29 is 9.59 Å².